The highest BCUT2D eigenvalue weighted by Gasteiger charge is 2.33. The molecule has 0 bridgehead atoms. The second kappa shape index (κ2) is 10.2. The summed E-state index contributed by atoms with van der Waals surface area (Å²) in [5.41, 5.74) is 2.65. The Bertz CT molecular complexity index is 1150. The number of nitrogens with zero attached hydrogens (tertiary/aromatic N) is 4. The molecule has 1 aromatic heterocycles. The molecule has 0 spiro atoms. The average molecular weight is 485 g/mol. The van der Waals surface area contributed by atoms with Crippen LogP contribution >= 0.6 is 0 Å². The molecular formula is C25H32N4O4S. The maximum atomic E-state index is 13.9. The van der Waals surface area contributed by atoms with Crippen LogP contribution in [0.5, 0.6) is 11.5 Å². The Morgan fingerprint density at radius 1 is 0.882 bits per heavy atom. The number of hydrogen-bond donors (Lipinski definition) is 0. The molecule has 8 nitrogen and oxygen atoms in total. The van der Waals surface area contributed by atoms with Crippen molar-refractivity contribution in [3.63, 3.8) is 0 Å². The molecule has 9 heteroatoms. The number of ether oxygens (including phenoxy) is 2. The molecule has 0 radical (unpaired) electrons. The summed E-state index contributed by atoms with van der Waals surface area (Å²) in [6.07, 6.45) is 2.06. The lowest BCUT2D eigenvalue weighted by Crippen LogP contribution is -2.30. The van der Waals surface area contributed by atoms with Gasteiger partial charge in [-0.2, -0.15) is 9.40 Å². The first-order valence-electron chi connectivity index (χ1n) is 11.3. The van der Waals surface area contributed by atoms with Crippen LogP contribution in [-0.4, -0.2) is 55.7 Å². The van der Waals surface area contributed by atoms with Gasteiger partial charge in [0.2, 0.25) is 0 Å². The van der Waals surface area contributed by atoms with Crippen LogP contribution in [-0.2, 0) is 29.7 Å². The molecule has 1 fully saturated rings. The minimum absolute atomic E-state index is 0.0956. The number of sulfonamides is 1. The van der Waals surface area contributed by atoms with Crippen molar-refractivity contribution >= 4 is 10.0 Å². The van der Waals surface area contributed by atoms with Gasteiger partial charge in [-0.05, 0) is 62.3 Å². The molecule has 34 heavy (non-hydrogen) atoms. The molecule has 0 aliphatic heterocycles. The second-order valence-corrected chi connectivity index (χ2v) is 10.7. The molecule has 0 atom stereocenters. The van der Waals surface area contributed by atoms with Crippen molar-refractivity contribution in [1.29, 1.82) is 0 Å². The van der Waals surface area contributed by atoms with Gasteiger partial charge in [0.15, 0.2) is 5.03 Å². The van der Waals surface area contributed by atoms with E-state index in [2.05, 4.69) is 5.10 Å². The van der Waals surface area contributed by atoms with Gasteiger partial charge in [0, 0.05) is 25.7 Å². The molecular weight excluding hydrogens is 452 g/mol. The van der Waals surface area contributed by atoms with Gasteiger partial charge in [-0.15, -0.1) is 0 Å². The summed E-state index contributed by atoms with van der Waals surface area (Å²) >= 11 is 0. The Morgan fingerprint density at radius 2 is 1.38 bits per heavy atom. The summed E-state index contributed by atoms with van der Waals surface area (Å²) in [5, 5.41) is 4.67. The van der Waals surface area contributed by atoms with Gasteiger partial charge in [-0.1, -0.05) is 24.3 Å². The Kier molecular flexibility index (Phi) is 7.25. The van der Waals surface area contributed by atoms with Gasteiger partial charge in [0.05, 0.1) is 26.0 Å². The van der Waals surface area contributed by atoms with Crippen LogP contribution in [0.3, 0.4) is 0 Å². The van der Waals surface area contributed by atoms with Gasteiger partial charge >= 0.3 is 0 Å². The fourth-order valence-corrected chi connectivity index (χ4v) is 5.22. The largest absolute Gasteiger partial charge is 0.497 e. The Morgan fingerprint density at radius 3 is 1.79 bits per heavy atom. The van der Waals surface area contributed by atoms with E-state index in [1.54, 1.807) is 20.3 Å². The first-order chi connectivity index (χ1) is 16.3. The topological polar surface area (TPSA) is 76.9 Å². The van der Waals surface area contributed by atoms with Crippen LogP contribution in [0.4, 0.5) is 0 Å². The van der Waals surface area contributed by atoms with E-state index in [0.717, 1.165) is 41.2 Å². The molecule has 0 amide bonds. The predicted octanol–water partition coefficient (Wildman–Crippen LogP) is 3.69. The molecule has 0 N–H and O–H groups in total. The Labute approximate surface area is 201 Å². The molecule has 0 unspecified atom stereocenters. The molecule has 0 saturated heterocycles. The maximum absolute atomic E-state index is 13.9. The summed E-state index contributed by atoms with van der Waals surface area (Å²) in [5.74, 6) is 1.45. The minimum Gasteiger partial charge on any atom is -0.497 e. The first kappa shape index (κ1) is 24.3. The van der Waals surface area contributed by atoms with Crippen molar-refractivity contribution < 1.29 is 17.9 Å². The van der Waals surface area contributed by atoms with E-state index in [4.69, 9.17) is 9.47 Å². The monoisotopic (exact) mass is 484 g/mol. The zero-order valence-electron chi connectivity index (χ0n) is 20.1. The molecule has 1 saturated carbocycles. The summed E-state index contributed by atoms with van der Waals surface area (Å²) in [6.45, 7) is 1.07. The quantitative estimate of drug-likeness (QED) is 0.413. The molecule has 1 heterocycles. The summed E-state index contributed by atoms with van der Waals surface area (Å²) in [7, 11) is 3.31. The Balaban J connectivity index is 1.68. The van der Waals surface area contributed by atoms with Crippen molar-refractivity contribution in [2.75, 3.05) is 28.3 Å². The van der Waals surface area contributed by atoms with Crippen molar-refractivity contribution in [1.82, 2.24) is 19.0 Å². The molecule has 3 aromatic rings. The summed E-state index contributed by atoms with van der Waals surface area (Å²) in [6, 6.07) is 16.9. The van der Waals surface area contributed by atoms with Crippen LogP contribution in [0, 0.1) is 0 Å². The van der Waals surface area contributed by atoms with E-state index in [0.29, 0.717) is 6.54 Å². The lowest BCUT2D eigenvalue weighted by atomic mass is 10.2. The highest BCUT2D eigenvalue weighted by atomic mass is 32.2. The van der Waals surface area contributed by atoms with E-state index in [1.807, 2.05) is 72.2 Å². The highest BCUT2D eigenvalue weighted by molar-refractivity contribution is 7.89. The zero-order valence-corrected chi connectivity index (χ0v) is 21.0. The van der Waals surface area contributed by atoms with Crippen LogP contribution < -0.4 is 9.47 Å². The van der Waals surface area contributed by atoms with Crippen molar-refractivity contribution in [2.24, 2.45) is 0 Å². The molecule has 2 aromatic carbocycles. The van der Waals surface area contributed by atoms with Gasteiger partial charge in [0.25, 0.3) is 10.0 Å². The van der Waals surface area contributed by atoms with Crippen LogP contribution in [0.25, 0.3) is 0 Å². The molecule has 182 valence electrons. The predicted molar refractivity (Wildman–Crippen MR) is 130 cm³/mol. The minimum atomic E-state index is -3.85. The highest BCUT2D eigenvalue weighted by Crippen LogP contribution is 2.36. The van der Waals surface area contributed by atoms with Crippen molar-refractivity contribution in [3.05, 3.63) is 71.4 Å². The maximum Gasteiger partial charge on any atom is 0.263 e. The molecule has 1 aliphatic rings. The SMILES string of the molecule is COc1ccc(CN(Cc2ccc(OC)cc2)S(=O)(=O)c2cc(CN(C)C)n(C3CC3)n2)cc1. The van der Waals surface area contributed by atoms with Crippen LogP contribution in [0.15, 0.2) is 59.6 Å². The lowest BCUT2D eigenvalue weighted by molar-refractivity contribution is 0.381. The van der Waals surface area contributed by atoms with E-state index < -0.39 is 10.0 Å². The summed E-state index contributed by atoms with van der Waals surface area (Å²) < 4.78 is 41.6. The fourth-order valence-electron chi connectivity index (χ4n) is 3.84. The van der Waals surface area contributed by atoms with Crippen LogP contribution in [0.1, 0.15) is 35.7 Å². The molecule has 1 aliphatic carbocycles. The smallest absolute Gasteiger partial charge is 0.263 e. The number of benzene rings is 2. The standard InChI is InChI=1S/C25H32N4O4S/c1-27(2)18-22-15-25(26-29(22)21-9-10-21)34(30,31)28(16-19-5-11-23(32-3)12-6-19)17-20-7-13-24(33-4)14-8-20/h5-8,11-15,21H,9-10,16-18H2,1-4H3. The summed E-state index contributed by atoms with van der Waals surface area (Å²) in [4.78, 5) is 2.03. The average Bonchev–Trinajstić information content (AvgIpc) is 3.59. The van der Waals surface area contributed by atoms with E-state index in [-0.39, 0.29) is 24.2 Å². The zero-order chi connectivity index (χ0) is 24.3. The number of hydrogen-bond acceptors (Lipinski definition) is 6. The van der Waals surface area contributed by atoms with E-state index in [9.17, 15) is 8.42 Å². The van der Waals surface area contributed by atoms with Gasteiger partial charge < -0.3 is 14.4 Å². The third kappa shape index (κ3) is 5.60. The third-order valence-corrected chi connectivity index (χ3v) is 7.47. The van der Waals surface area contributed by atoms with Crippen molar-refractivity contribution in [3.8, 4) is 11.5 Å². The normalized spacial score (nSPS) is 14.1. The van der Waals surface area contributed by atoms with Gasteiger partial charge in [-0.25, -0.2) is 8.42 Å². The number of methoxy groups -OCH3 is 2. The molecule has 4 rings (SSSR count). The van der Waals surface area contributed by atoms with Gasteiger partial charge in [0.1, 0.15) is 11.5 Å². The lowest BCUT2D eigenvalue weighted by Gasteiger charge is -2.21. The Hall–Kier alpha value is -2.88. The van der Waals surface area contributed by atoms with Crippen LogP contribution in [0.2, 0.25) is 0 Å². The number of aromatic nitrogens is 2. The van der Waals surface area contributed by atoms with Crippen molar-refractivity contribution in [2.45, 2.75) is 43.5 Å². The number of rotatable bonds is 11. The van der Waals surface area contributed by atoms with E-state index >= 15 is 0 Å². The van der Waals surface area contributed by atoms with Gasteiger partial charge in [-0.3, -0.25) is 4.68 Å². The fraction of sp³-hybridized carbons (Fsp3) is 0.400. The first-order valence-corrected chi connectivity index (χ1v) is 12.7. The second-order valence-electron chi connectivity index (χ2n) is 8.86. The van der Waals surface area contributed by atoms with E-state index in [1.165, 1.54) is 4.31 Å². The third-order valence-electron chi connectivity index (χ3n) is 5.80.